The van der Waals surface area contributed by atoms with Gasteiger partial charge in [-0.05, 0) is 30.9 Å². The molecule has 0 spiro atoms. The van der Waals surface area contributed by atoms with Crippen LogP contribution in [-0.2, 0) is 19.4 Å². The van der Waals surface area contributed by atoms with Crippen LogP contribution in [0.1, 0.15) is 54.9 Å². The van der Waals surface area contributed by atoms with Crippen LogP contribution in [-0.4, -0.2) is 25.9 Å². The lowest BCUT2D eigenvalue weighted by atomic mass is 9.97. The van der Waals surface area contributed by atoms with Crippen LogP contribution in [0.3, 0.4) is 0 Å². The summed E-state index contributed by atoms with van der Waals surface area (Å²) in [5.41, 5.74) is 3.74. The second-order valence-corrected chi connectivity index (χ2v) is 7.01. The molecule has 2 unspecified atom stereocenters. The average molecular weight is 329 g/mol. The van der Waals surface area contributed by atoms with Crippen LogP contribution in [0.5, 0.6) is 0 Å². The third kappa shape index (κ3) is 2.86. The first-order valence-corrected chi connectivity index (χ1v) is 8.82. The Hall–Kier alpha value is -1.52. The minimum atomic E-state index is 0.435. The second kappa shape index (κ2) is 6.17. The van der Waals surface area contributed by atoms with E-state index < -0.39 is 0 Å². The first-order chi connectivity index (χ1) is 11.2. The van der Waals surface area contributed by atoms with E-state index in [-0.39, 0.29) is 0 Å². The number of rotatable bonds is 4. The summed E-state index contributed by atoms with van der Waals surface area (Å²) in [5, 5.41) is 0.737. The number of aromatic nitrogens is 3. The van der Waals surface area contributed by atoms with Crippen LogP contribution in [0.2, 0.25) is 5.02 Å². The lowest BCUT2D eigenvalue weighted by Gasteiger charge is -2.35. The molecule has 0 aromatic carbocycles. The molecule has 2 aromatic heterocycles. The van der Waals surface area contributed by atoms with Gasteiger partial charge in [0.15, 0.2) is 0 Å². The van der Waals surface area contributed by atoms with E-state index in [1.807, 2.05) is 12.4 Å². The highest BCUT2D eigenvalue weighted by atomic mass is 35.5. The van der Waals surface area contributed by atoms with Crippen LogP contribution >= 0.6 is 11.6 Å². The maximum Gasteiger partial charge on any atom is 0.128 e. The Bertz CT molecular complexity index is 701. The number of aryl methyl sites for hydroxylation is 1. The van der Waals surface area contributed by atoms with Gasteiger partial charge in [0.05, 0.1) is 5.02 Å². The SMILES string of the molecule is CCCc1ncc(CN2C3CCC2c2cc(Cl)cnc2C3)cn1. The van der Waals surface area contributed by atoms with Crippen molar-refractivity contribution < 1.29 is 0 Å². The predicted octanol–water partition coefficient (Wildman–Crippen LogP) is 3.74. The second-order valence-electron chi connectivity index (χ2n) is 6.57. The molecule has 23 heavy (non-hydrogen) atoms. The fraction of sp³-hybridized carbons (Fsp3) is 0.500. The van der Waals surface area contributed by atoms with Gasteiger partial charge < -0.3 is 0 Å². The molecule has 0 N–H and O–H groups in total. The van der Waals surface area contributed by atoms with Crippen molar-refractivity contribution in [1.82, 2.24) is 19.9 Å². The van der Waals surface area contributed by atoms with Crippen LogP contribution in [0, 0.1) is 0 Å². The number of halogens is 1. The lowest BCUT2D eigenvalue weighted by Crippen LogP contribution is -2.37. The van der Waals surface area contributed by atoms with E-state index in [0.29, 0.717) is 12.1 Å². The zero-order valence-corrected chi connectivity index (χ0v) is 14.1. The summed E-state index contributed by atoms with van der Waals surface area (Å²) in [4.78, 5) is 16.1. The van der Waals surface area contributed by atoms with Gasteiger partial charge in [-0.25, -0.2) is 9.97 Å². The quantitative estimate of drug-likeness (QED) is 0.857. The van der Waals surface area contributed by atoms with Crippen molar-refractivity contribution in [2.45, 2.75) is 57.7 Å². The van der Waals surface area contributed by atoms with Gasteiger partial charge in [0, 0.05) is 61.3 Å². The minimum Gasteiger partial charge on any atom is -0.289 e. The fourth-order valence-corrected chi connectivity index (χ4v) is 4.09. The summed E-state index contributed by atoms with van der Waals surface area (Å²) in [6.07, 6.45) is 11.2. The van der Waals surface area contributed by atoms with Crippen LogP contribution in [0.25, 0.3) is 0 Å². The van der Waals surface area contributed by atoms with E-state index in [1.54, 1.807) is 6.20 Å². The third-order valence-corrected chi connectivity index (χ3v) is 5.21. The average Bonchev–Trinajstić information content (AvgIpc) is 2.83. The van der Waals surface area contributed by atoms with Gasteiger partial charge in [-0.15, -0.1) is 0 Å². The van der Waals surface area contributed by atoms with Crippen LogP contribution in [0.15, 0.2) is 24.7 Å². The Morgan fingerprint density at radius 2 is 2.00 bits per heavy atom. The molecule has 1 saturated heterocycles. The smallest absolute Gasteiger partial charge is 0.128 e. The van der Waals surface area contributed by atoms with Gasteiger partial charge in [-0.3, -0.25) is 9.88 Å². The van der Waals surface area contributed by atoms with Crippen molar-refractivity contribution in [3.05, 3.63) is 52.3 Å². The molecule has 2 aromatic rings. The zero-order chi connectivity index (χ0) is 15.8. The first kappa shape index (κ1) is 15.0. The van der Waals surface area contributed by atoms with Gasteiger partial charge in [0.2, 0.25) is 0 Å². The lowest BCUT2D eigenvalue weighted by molar-refractivity contribution is 0.166. The summed E-state index contributed by atoms with van der Waals surface area (Å²) < 4.78 is 0. The van der Waals surface area contributed by atoms with Gasteiger partial charge in [-0.1, -0.05) is 18.5 Å². The minimum absolute atomic E-state index is 0.435. The first-order valence-electron chi connectivity index (χ1n) is 8.44. The molecule has 2 bridgehead atoms. The van der Waals surface area contributed by atoms with Crippen molar-refractivity contribution in [3.63, 3.8) is 0 Å². The fourth-order valence-electron chi connectivity index (χ4n) is 3.92. The Balaban J connectivity index is 1.56. The molecule has 4 nitrogen and oxygen atoms in total. The van der Waals surface area contributed by atoms with Crippen molar-refractivity contribution in [2.24, 2.45) is 0 Å². The Morgan fingerprint density at radius 1 is 1.17 bits per heavy atom. The standard InChI is InChI=1S/C18H21ClN4/c1-2-3-18-21-8-12(9-22-18)11-23-14-4-5-17(23)15-6-13(19)10-20-16(15)7-14/h6,8-10,14,17H,2-5,7,11H2,1H3. The molecule has 0 radical (unpaired) electrons. The predicted molar refractivity (Wildman–Crippen MR) is 90.3 cm³/mol. The number of fused-ring (bicyclic) bond motifs is 4. The summed E-state index contributed by atoms with van der Waals surface area (Å²) in [6, 6.07) is 3.12. The van der Waals surface area contributed by atoms with Gasteiger partial charge in [0.25, 0.3) is 0 Å². The van der Waals surface area contributed by atoms with Crippen LogP contribution in [0.4, 0.5) is 0 Å². The molecular formula is C18H21ClN4. The van der Waals surface area contributed by atoms with Gasteiger partial charge >= 0.3 is 0 Å². The molecule has 0 amide bonds. The largest absolute Gasteiger partial charge is 0.289 e. The summed E-state index contributed by atoms with van der Waals surface area (Å²) in [5.74, 6) is 0.944. The zero-order valence-electron chi connectivity index (χ0n) is 13.4. The van der Waals surface area contributed by atoms with Crippen LogP contribution < -0.4 is 0 Å². The Labute approximate surface area is 141 Å². The molecule has 2 atom stereocenters. The highest BCUT2D eigenvalue weighted by molar-refractivity contribution is 6.30. The van der Waals surface area contributed by atoms with E-state index >= 15 is 0 Å². The Morgan fingerprint density at radius 3 is 2.78 bits per heavy atom. The molecule has 2 aliphatic rings. The Kier molecular flexibility index (Phi) is 4.04. The molecule has 120 valence electrons. The maximum atomic E-state index is 6.17. The molecular weight excluding hydrogens is 308 g/mol. The normalized spacial score (nSPS) is 23.0. The molecule has 4 rings (SSSR count). The van der Waals surface area contributed by atoms with Crippen molar-refractivity contribution in [1.29, 1.82) is 0 Å². The number of nitrogens with zero attached hydrogens (tertiary/aromatic N) is 4. The van der Waals surface area contributed by atoms with Crippen molar-refractivity contribution in [2.75, 3.05) is 0 Å². The van der Waals surface area contributed by atoms with Crippen molar-refractivity contribution >= 4 is 11.6 Å². The summed E-state index contributed by atoms with van der Waals surface area (Å²) >= 11 is 6.17. The topological polar surface area (TPSA) is 41.9 Å². The number of pyridine rings is 1. The van der Waals surface area contributed by atoms with E-state index in [2.05, 4.69) is 32.8 Å². The summed E-state index contributed by atoms with van der Waals surface area (Å²) in [6.45, 7) is 3.06. The molecule has 0 saturated carbocycles. The molecule has 2 aliphatic heterocycles. The van der Waals surface area contributed by atoms with E-state index in [0.717, 1.165) is 36.7 Å². The number of hydrogen-bond donors (Lipinski definition) is 0. The number of hydrogen-bond acceptors (Lipinski definition) is 4. The van der Waals surface area contributed by atoms with E-state index in [9.17, 15) is 0 Å². The van der Waals surface area contributed by atoms with E-state index in [4.69, 9.17) is 11.6 Å². The molecule has 5 heteroatoms. The highest BCUT2D eigenvalue weighted by Crippen LogP contribution is 2.44. The van der Waals surface area contributed by atoms with E-state index in [1.165, 1.54) is 29.7 Å². The summed E-state index contributed by atoms with van der Waals surface area (Å²) in [7, 11) is 0. The maximum absolute atomic E-state index is 6.17. The monoisotopic (exact) mass is 328 g/mol. The molecule has 0 aliphatic carbocycles. The third-order valence-electron chi connectivity index (χ3n) is 5.00. The molecule has 4 heterocycles. The molecule has 1 fully saturated rings. The highest BCUT2D eigenvalue weighted by Gasteiger charge is 2.40. The van der Waals surface area contributed by atoms with Gasteiger partial charge in [0.1, 0.15) is 5.82 Å². The van der Waals surface area contributed by atoms with Gasteiger partial charge in [-0.2, -0.15) is 0 Å². The van der Waals surface area contributed by atoms with Crippen molar-refractivity contribution in [3.8, 4) is 0 Å².